The van der Waals surface area contributed by atoms with E-state index in [-0.39, 0.29) is 5.00 Å². The number of carboxylic acid groups (broad SMARTS) is 1. The maximum absolute atomic E-state index is 13.2. The molecule has 1 heterocycles. The SMILES string of the molecule is O=C(O)c1cc(Sc2ncc([N+](=O)[O-])s2)ccc1F. The van der Waals surface area contributed by atoms with E-state index in [9.17, 15) is 19.3 Å². The number of hydrogen-bond donors (Lipinski definition) is 1. The molecule has 0 atom stereocenters. The fourth-order valence-corrected chi connectivity index (χ4v) is 3.01. The molecular weight excluding hydrogens is 295 g/mol. The van der Waals surface area contributed by atoms with E-state index in [4.69, 9.17) is 5.11 Å². The van der Waals surface area contributed by atoms with Crippen LogP contribution >= 0.6 is 23.1 Å². The molecule has 2 rings (SSSR count). The van der Waals surface area contributed by atoms with Gasteiger partial charge in [0.2, 0.25) is 0 Å². The van der Waals surface area contributed by atoms with Crippen LogP contribution in [0.15, 0.2) is 33.6 Å². The van der Waals surface area contributed by atoms with Gasteiger partial charge < -0.3 is 5.11 Å². The van der Waals surface area contributed by atoms with Crippen LogP contribution < -0.4 is 0 Å². The summed E-state index contributed by atoms with van der Waals surface area (Å²) in [6.45, 7) is 0. The molecule has 0 amide bonds. The predicted molar refractivity (Wildman–Crippen MR) is 66.3 cm³/mol. The zero-order valence-electron chi connectivity index (χ0n) is 9.07. The Morgan fingerprint density at radius 1 is 1.53 bits per heavy atom. The molecule has 98 valence electrons. The van der Waals surface area contributed by atoms with Crippen molar-refractivity contribution in [2.45, 2.75) is 9.24 Å². The number of nitrogens with zero attached hydrogens (tertiary/aromatic N) is 2. The topological polar surface area (TPSA) is 93.3 Å². The molecule has 0 spiro atoms. The van der Waals surface area contributed by atoms with Gasteiger partial charge in [0.25, 0.3) is 0 Å². The van der Waals surface area contributed by atoms with Crippen molar-refractivity contribution in [3.63, 3.8) is 0 Å². The molecule has 0 aliphatic rings. The van der Waals surface area contributed by atoms with Gasteiger partial charge in [-0.25, -0.2) is 14.2 Å². The number of hydrogen-bond acceptors (Lipinski definition) is 6. The quantitative estimate of drug-likeness (QED) is 0.689. The fraction of sp³-hybridized carbons (Fsp3) is 0. The minimum atomic E-state index is -1.37. The summed E-state index contributed by atoms with van der Waals surface area (Å²) in [5.41, 5.74) is -0.448. The Kier molecular flexibility index (Phi) is 3.76. The van der Waals surface area contributed by atoms with Crippen LogP contribution in [0.1, 0.15) is 10.4 Å². The zero-order valence-corrected chi connectivity index (χ0v) is 10.7. The lowest BCUT2D eigenvalue weighted by Gasteiger charge is -2.01. The summed E-state index contributed by atoms with van der Waals surface area (Å²) in [5.74, 6) is -2.20. The van der Waals surface area contributed by atoms with Gasteiger partial charge in [-0.3, -0.25) is 10.1 Å². The Labute approximate surface area is 114 Å². The first kappa shape index (κ1) is 13.4. The number of nitro groups is 1. The van der Waals surface area contributed by atoms with Gasteiger partial charge in [0, 0.05) is 4.90 Å². The standard InChI is InChI=1S/C10H5FN2O4S2/c11-7-2-1-5(3-6(7)9(14)15)18-10-12-4-8(19-10)13(16)17/h1-4H,(H,14,15). The molecule has 0 saturated carbocycles. The smallest absolute Gasteiger partial charge is 0.344 e. The first-order valence-corrected chi connectivity index (χ1v) is 6.41. The molecule has 1 aromatic heterocycles. The summed E-state index contributed by atoms with van der Waals surface area (Å²) in [4.78, 5) is 25.0. The summed E-state index contributed by atoms with van der Waals surface area (Å²) in [7, 11) is 0. The highest BCUT2D eigenvalue weighted by molar-refractivity contribution is 8.01. The van der Waals surface area contributed by atoms with Crippen molar-refractivity contribution in [3.05, 3.63) is 45.9 Å². The molecule has 1 N–H and O–H groups in total. The molecule has 0 bridgehead atoms. The third-order valence-electron chi connectivity index (χ3n) is 2.03. The van der Waals surface area contributed by atoms with Crippen LogP contribution in [0.5, 0.6) is 0 Å². The Balaban J connectivity index is 2.25. The highest BCUT2D eigenvalue weighted by atomic mass is 32.2. The summed E-state index contributed by atoms with van der Waals surface area (Å²) in [6, 6.07) is 3.59. The molecule has 0 radical (unpaired) electrons. The maximum atomic E-state index is 13.2. The van der Waals surface area contributed by atoms with E-state index in [1.807, 2.05) is 0 Å². The number of halogens is 1. The van der Waals surface area contributed by atoms with E-state index in [1.165, 1.54) is 6.07 Å². The van der Waals surface area contributed by atoms with Crippen LogP contribution in [-0.4, -0.2) is 21.0 Å². The lowest BCUT2D eigenvalue weighted by atomic mass is 10.2. The van der Waals surface area contributed by atoms with Crippen LogP contribution in [0.2, 0.25) is 0 Å². The summed E-state index contributed by atoms with van der Waals surface area (Å²) >= 11 is 1.90. The van der Waals surface area contributed by atoms with Crippen LogP contribution in [0, 0.1) is 15.9 Å². The first-order valence-electron chi connectivity index (χ1n) is 4.78. The van der Waals surface area contributed by atoms with Gasteiger partial charge in [0.15, 0.2) is 4.34 Å². The van der Waals surface area contributed by atoms with E-state index in [1.54, 1.807) is 0 Å². The summed E-state index contributed by atoms with van der Waals surface area (Å²) in [6.07, 6.45) is 1.12. The third-order valence-corrected chi connectivity index (χ3v) is 4.04. The van der Waals surface area contributed by atoms with Crippen molar-refractivity contribution in [3.8, 4) is 0 Å². The van der Waals surface area contributed by atoms with Gasteiger partial charge in [0.05, 0.1) is 10.5 Å². The second-order valence-electron chi connectivity index (χ2n) is 3.27. The largest absolute Gasteiger partial charge is 0.478 e. The number of carbonyl (C=O) groups is 1. The van der Waals surface area contributed by atoms with Crippen molar-refractivity contribution in [1.29, 1.82) is 0 Å². The van der Waals surface area contributed by atoms with Crippen molar-refractivity contribution in [2.75, 3.05) is 0 Å². The normalized spacial score (nSPS) is 10.4. The Bertz CT molecular complexity index is 659. The molecule has 1 aromatic carbocycles. The molecule has 6 nitrogen and oxygen atoms in total. The van der Waals surface area contributed by atoms with Gasteiger partial charge in [-0.2, -0.15) is 0 Å². The lowest BCUT2D eigenvalue weighted by Crippen LogP contribution is -2.00. The number of aromatic carboxylic acids is 1. The fourth-order valence-electron chi connectivity index (χ4n) is 1.21. The highest BCUT2D eigenvalue weighted by Crippen LogP contribution is 2.34. The number of benzene rings is 1. The van der Waals surface area contributed by atoms with E-state index < -0.39 is 22.3 Å². The van der Waals surface area contributed by atoms with Crippen LogP contribution in [0.25, 0.3) is 0 Å². The molecule has 19 heavy (non-hydrogen) atoms. The summed E-state index contributed by atoms with van der Waals surface area (Å²) in [5, 5.41) is 19.2. The van der Waals surface area contributed by atoms with Crippen LogP contribution in [-0.2, 0) is 0 Å². The Morgan fingerprint density at radius 2 is 2.26 bits per heavy atom. The molecule has 0 unspecified atom stereocenters. The Morgan fingerprint density at radius 3 is 2.84 bits per heavy atom. The average molecular weight is 300 g/mol. The van der Waals surface area contributed by atoms with E-state index >= 15 is 0 Å². The molecule has 0 saturated heterocycles. The van der Waals surface area contributed by atoms with Crippen molar-refractivity contribution < 1.29 is 19.2 Å². The van der Waals surface area contributed by atoms with Gasteiger partial charge in [-0.15, -0.1) is 0 Å². The summed E-state index contributed by atoms with van der Waals surface area (Å²) < 4.78 is 13.6. The molecular formula is C10H5FN2O4S2. The second kappa shape index (κ2) is 5.33. The number of carboxylic acids is 1. The molecule has 0 fully saturated rings. The predicted octanol–water partition coefficient (Wildman–Crippen LogP) is 3.04. The van der Waals surface area contributed by atoms with Gasteiger partial charge in [-0.1, -0.05) is 11.8 Å². The maximum Gasteiger partial charge on any atom is 0.344 e. The lowest BCUT2D eigenvalue weighted by molar-refractivity contribution is -0.380. The number of rotatable bonds is 4. The highest BCUT2D eigenvalue weighted by Gasteiger charge is 2.15. The first-order chi connectivity index (χ1) is 8.97. The monoisotopic (exact) mass is 300 g/mol. The van der Waals surface area contributed by atoms with Gasteiger partial charge in [0.1, 0.15) is 12.0 Å². The molecule has 0 aliphatic carbocycles. The molecule has 0 aliphatic heterocycles. The third kappa shape index (κ3) is 3.06. The van der Waals surface area contributed by atoms with Crippen molar-refractivity contribution in [1.82, 2.24) is 4.98 Å². The average Bonchev–Trinajstić information content (AvgIpc) is 2.80. The molecule has 9 heteroatoms. The van der Waals surface area contributed by atoms with E-state index in [0.29, 0.717) is 9.24 Å². The minimum absolute atomic E-state index is 0.108. The molecule has 2 aromatic rings. The van der Waals surface area contributed by atoms with E-state index in [0.717, 1.165) is 41.4 Å². The second-order valence-corrected chi connectivity index (χ2v) is 5.60. The van der Waals surface area contributed by atoms with E-state index in [2.05, 4.69) is 4.98 Å². The number of aromatic nitrogens is 1. The van der Waals surface area contributed by atoms with Crippen molar-refractivity contribution >= 4 is 34.1 Å². The van der Waals surface area contributed by atoms with Crippen LogP contribution in [0.4, 0.5) is 9.39 Å². The zero-order chi connectivity index (χ0) is 14.0. The van der Waals surface area contributed by atoms with Gasteiger partial charge >= 0.3 is 11.0 Å². The Hall–Kier alpha value is -2.00. The minimum Gasteiger partial charge on any atom is -0.478 e. The number of thiazole rings is 1. The van der Waals surface area contributed by atoms with Crippen molar-refractivity contribution in [2.24, 2.45) is 0 Å². The van der Waals surface area contributed by atoms with Crippen LogP contribution in [0.3, 0.4) is 0 Å². The van der Waals surface area contributed by atoms with Gasteiger partial charge in [-0.05, 0) is 29.5 Å².